The van der Waals surface area contributed by atoms with Crippen LogP contribution in [0.3, 0.4) is 0 Å². The van der Waals surface area contributed by atoms with Crippen molar-refractivity contribution < 1.29 is 14.3 Å². The van der Waals surface area contributed by atoms with Gasteiger partial charge in [0.25, 0.3) is 5.91 Å². The Bertz CT molecular complexity index is 801. The van der Waals surface area contributed by atoms with Crippen molar-refractivity contribution in [1.29, 1.82) is 0 Å². The lowest BCUT2D eigenvalue weighted by Crippen LogP contribution is -2.50. The zero-order chi connectivity index (χ0) is 20.5. The standard InChI is InChI=1S/C21H24BrClN2O3/c1-3-18(21(27)24-4-2)25(13-15-8-6-5-7-9-15)20(26)14-28-19-11-10-16(23)12-17(19)22/h5-12,18H,3-4,13-14H2,1-2H3,(H,24,27)/t18-/m1/s1. The Morgan fingerprint density at radius 3 is 2.50 bits per heavy atom. The van der Waals surface area contributed by atoms with Crippen molar-refractivity contribution in [1.82, 2.24) is 10.2 Å². The van der Waals surface area contributed by atoms with Gasteiger partial charge in [0.15, 0.2) is 6.61 Å². The van der Waals surface area contributed by atoms with E-state index in [1.54, 1.807) is 23.1 Å². The fraction of sp³-hybridized carbons (Fsp3) is 0.333. The van der Waals surface area contributed by atoms with E-state index in [4.69, 9.17) is 16.3 Å². The fourth-order valence-corrected chi connectivity index (χ4v) is 3.60. The summed E-state index contributed by atoms with van der Waals surface area (Å²) in [5, 5.41) is 3.38. The van der Waals surface area contributed by atoms with Crippen LogP contribution < -0.4 is 10.1 Å². The van der Waals surface area contributed by atoms with Gasteiger partial charge in [-0.1, -0.05) is 48.9 Å². The molecule has 0 fully saturated rings. The Labute approximate surface area is 179 Å². The fourth-order valence-electron chi connectivity index (χ4n) is 2.81. The normalized spacial score (nSPS) is 11.6. The zero-order valence-corrected chi connectivity index (χ0v) is 18.3. The Kier molecular flexibility index (Phi) is 8.80. The minimum Gasteiger partial charge on any atom is -0.483 e. The quantitative estimate of drug-likeness (QED) is 0.594. The van der Waals surface area contributed by atoms with Gasteiger partial charge >= 0.3 is 0 Å². The zero-order valence-electron chi connectivity index (χ0n) is 16.0. The molecule has 0 aliphatic heterocycles. The maximum Gasteiger partial charge on any atom is 0.261 e. The summed E-state index contributed by atoms with van der Waals surface area (Å²) in [7, 11) is 0. The van der Waals surface area contributed by atoms with Gasteiger partial charge in [-0.2, -0.15) is 0 Å². The minimum absolute atomic E-state index is 0.165. The lowest BCUT2D eigenvalue weighted by Gasteiger charge is -2.30. The number of benzene rings is 2. The van der Waals surface area contributed by atoms with E-state index in [2.05, 4.69) is 21.2 Å². The molecule has 2 rings (SSSR count). The molecule has 5 nitrogen and oxygen atoms in total. The number of likely N-dealkylation sites (N-methyl/N-ethyl adjacent to an activating group) is 1. The van der Waals surface area contributed by atoms with Crippen molar-refractivity contribution in [3.8, 4) is 5.75 Å². The number of carbonyl (C=O) groups is 2. The van der Waals surface area contributed by atoms with Crippen LogP contribution in [0.25, 0.3) is 0 Å². The molecule has 0 bridgehead atoms. The summed E-state index contributed by atoms with van der Waals surface area (Å²) < 4.78 is 6.34. The van der Waals surface area contributed by atoms with Crippen molar-refractivity contribution in [2.24, 2.45) is 0 Å². The number of halogens is 2. The lowest BCUT2D eigenvalue weighted by atomic mass is 10.1. The number of amides is 2. The third-order valence-electron chi connectivity index (χ3n) is 4.18. The summed E-state index contributed by atoms with van der Waals surface area (Å²) >= 11 is 9.32. The SMILES string of the molecule is CCNC(=O)[C@@H](CC)N(Cc1ccccc1)C(=O)COc1ccc(Cl)cc1Br. The summed E-state index contributed by atoms with van der Waals surface area (Å²) in [5.74, 6) is 0.0919. The van der Waals surface area contributed by atoms with Gasteiger partial charge in [0.2, 0.25) is 5.91 Å². The number of nitrogens with one attached hydrogen (secondary N) is 1. The van der Waals surface area contributed by atoms with Crippen LogP contribution in [0.1, 0.15) is 25.8 Å². The predicted molar refractivity (Wildman–Crippen MR) is 114 cm³/mol. The van der Waals surface area contributed by atoms with Crippen LogP contribution in [0, 0.1) is 0 Å². The Morgan fingerprint density at radius 1 is 1.18 bits per heavy atom. The van der Waals surface area contributed by atoms with Crippen molar-refractivity contribution in [2.75, 3.05) is 13.2 Å². The highest BCUT2D eigenvalue weighted by molar-refractivity contribution is 9.10. The van der Waals surface area contributed by atoms with Gasteiger partial charge in [0.05, 0.1) is 4.47 Å². The maximum atomic E-state index is 13.0. The molecule has 2 aromatic rings. The summed E-state index contributed by atoms with van der Waals surface area (Å²) in [4.78, 5) is 27.1. The summed E-state index contributed by atoms with van der Waals surface area (Å²) in [6.45, 7) is 4.41. The van der Waals surface area contributed by atoms with E-state index in [0.29, 0.717) is 34.8 Å². The molecule has 7 heteroatoms. The van der Waals surface area contributed by atoms with Gasteiger partial charge in [-0.15, -0.1) is 0 Å². The lowest BCUT2D eigenvalue weighted by molar-refractivity contribution is -0.142. The summed E-state index contributed by atoms with van der Waals surface area (Å²) in [6.07, 6.45) is 0.509. The molecule has 0 spiro atoms. The van der Waals surface area contributed by atoms with Crippen LogP contribution in [0.4, 0.5) is 0 Å². The van der Waals surface area contributed by atoms with Gasteiger partial charge < -0.3 is 15.0 Å². The van der Waals surface area contributed by atoms with E-state index in [9.17, 15) is 9.59 Å². The first kappa shape index (κ1) is 22.2. The van der Waals surface area contributed by atoms with Crippen molar-refractivity contribution >= 4 is 39.3 Å². The van der Waals surface area contributed by atoms with Gasteiger partial charge in [0, 0.05) is 18.1 Å². The van der Waals surface area contributed by atoms with Crippen LogP contribution in [0.2, 0.25) is 5.02 Å². The molecular weight excluding hydrogens is 444 g/mol. The number of carbonyl (C=O) groups excluding carboxylic acids is 2. The van der Waals surface area contributed by atoms with Gasteiger partial charge in [-0.3, -0.25) is 9.59 Å². The average molecular weight is 468 g/mol. The first-order valence-corrected chi connectivity index (χ1v) is 10.3. The minimum atomic E-state index is -0.565. The number of nitrogens with zero attached hydrogens (tertiary/aromatic N) is 1. The van der Waals surface area contributed by atoms with Crippen LogP contribution in [0.15, 0.2) is 53.0 Å². The molecular formula is C21H24BrClN2O3. The van der Waals surface area contributed by atoms with E-state index in [0.717, 1.165) is 5.56 Å². The highest BCUT2D eigenvalue weighted by Crippen LogP contribution is 2.28. The molecule has 0 unspecified atom stereocenters. The summed E-state index contributed by atoms with van der Waals surface area (Å²) in [6, 6.07) is 14.1. The van der Waals surface area contributed by atoms with Crippen LogP contribution in [-0.4, -0.2) is 35.9 Å². The summed E-state index contributed by atoms with van der Waals surface area (Å²) in [5.41, 5.74) is 0.950. The molecule has 2 amide bonds. The van der Waals surface area contributed by atoms with Crippen LogP contribution in [0.5, 0.6) is 5.75 Å². The average Bonchev–Trinajstić information content (AvgIpc) is 2.68. The molecule has 0 saturated carbocycles. The molecule has 28 heavy (non-hydrogen) atoms. The predicted octanol–water partition coefficient (Wildman–Crippen LogP) is 4.42. The molecule has 0 heterocycles. The van der Waals surface area contributed by atoms with Crippen molar-refractivity contribution in [3.63, 3.8) is 0 Å². The van der Waals surface area contributed by atoms with E-state index in [1.807, 2.05) is 44.2 Å². The number of ether oxygens (including phenoxy) is 1. The first-order valence-electron chi connectivity index (χ1n) is 9.15. The molecule has 0 aromatic heterocycles. The first-order chi connectivity index (χ1) is 13.5. The van der Waals surface area contributed by atoms with E-state index >= 15 is 0 Å². The monoisotopic (exact) mass is 466 g/mol. The second kappa shape index (κ2) is 11.1. The maximum absolute atomic E-state index is 13.0. The third kappa shape index (κ3) is 6.24. The third-order valence-corrected chi connectivity index (χ3v) is 5.03. The van der Waals surface area contributed by atoms with E-state index in [-0.39, 0.29) is 18.4 Å². The van der Waals surface area contributed by atoms with Crippen molar-refractivity contribution in [3.05, 3.63) is 63.6 Å². The van der Waals surface area contributed by atoms with Crippen LogP contribution >= 0.6 is 27.5 Å². The number of rotatable bonds is 9. The second-order valence-electron chi connectivity index (χ2n) is 6.19. The molecule has 1 N–H and O–H groups in total. The van der Waals surface area contributed by atoms with Crippen molar-refractivity contribution in [2.45, 2.75) is 32.9 Å². The molecule has 0 radical (unpaired) electrons. The molecule has 150 valence electrons. The Hall–Kier alpha value is -2.05. The molecule has 0 saturated heterocycles. The van der Waals surface area contributed by atoms with Gasteiger partial charge in [-0.25, -0.2) is 0 Å². The highest BCUT2D eigenvalue weighted by atomic mass is 79.9. The highest BCUT2D eigenvalue weighted by Gasteiger charge is 2.28. The van der Waals surface area contributed by atoms with Gasteiger partial charge in [-0.05, 0) is 53.0 Å². The Morgan fingerprint density at radius 2 is 1.89 bits per heavy atom. The largest absolute Gasteiger partial charge is 0.483 e. The smallest absolute Gasteiger partial charge is 0.261 e. The number of hydrogen-bond acceptors (Lipinski definition) is 3. The molecule has 0 aliphatic carbocycles. The number of hydrogen-bond donors (Lipinski definition) is 1. The van der Waals surface area contributed by atoms with Gasteiger partial charge in [0.1, 0.15) is 11.8 Å². The molecule has 2 aromatic carbocycles. The van der Waals surface area contributed by atoms with Crippen LogP contribution in [-0.2, 0) is 16.1 Å². The Balaban J connectivity index is 2.18. The second-order valence-corrected chi connectivity index (χ2v) is 7.48. The molecule has 1 atom stereocenters. The molecule has 0 aliphatic rings. The van der Waals surface area contributed by atoms with E-state index in [1.165, 1.54) is 0 Å². The topological polar surface area (TPSA) is 58.6 Å². The van der Waals surface area contributed by atoms with E-state index < -0.39 is 6.04 Å².